The first kappa shape index (κ1) is 15.2. The third-order valence-electron chi connectivity index (χ3n) is 3.25. The molecule has 0 fully saturated rings. The van der Waals surface area contributed by atoms with Gasteiger partial charge in [0.2, 0.25) is 0 Å². The minimum Gasteiger partial charge on any atom is -0.481 e. The monoisotopic (exact) mass is 320 g/mol. The standard InChI is InChI=1S/C17H12N4O3/c1-2-8-24-14-5-3-4-12(9-14)20-17-15-10-13(21(22)23)6-7-16(15)18-11-19-17/h1,3-7,9-11H,8H2,(H,18,19,20). The van der Waals surface area contributed by atoms with E-state index in [0.717, 1.165) is 5.69 Å². The van der Waals surface area contributed by atoms with E-state index in [9.17, 15) is 10.1 Å². The fourth-order valence-electron chi connectivity index (χ4n) is 2.18. The highest BCUT2D eigenvalue weighted by molar-refractivity contribution is 5.92. The van der Waals surface area contributed by atoms with Crippen LogP contribution in [0.15, 0.2) is 48.8 Å². The van der Waals surface area contributed by atoms with Crippen LogP contribution in [0.5, 0.6) is 5.75 Å². The van der Waals surface area contributed by atoms with Crippen molar-refractivity contribution in [2.45, 2.75) is 0 Å². The Labute approximate surface area is 137 Å². The number of non-ortho nitro benzene ring substituents is 1. The molecule has 0 aliphatic heterocycles. The van der Waals surface area contributed by atoms with Crippen molar-refractivity contribution in [3.63, 3.8) is 0 Å². The van der Waals surface area contributed by atoms with Crippen LogP contribution in [0.2, 0.25) is 0 Å². The second-order valence-corrected chi connectivity index (χ2v) is 4.83. The van der Waals surface area contributed by atoms with E-state index in [0.29, 0.717) is 22.5 Å². The third-order valence-corrected chi connectivity index (χ3v) is 3.25. The van der Waals surface area contributed by atoms with Crippen molar-refractivity contribution in [2.24, 2.45) is 0 Å². The quantitative estimate of drug-likeness (QED) is 0.441. The molecule has 0 radical (unpaired) electrons. The van der Waals surface area contributed by atoms with Gasteiger partial charge in [-0.05, 0) is 18.2 Å². The molecular weight excluding hydrogens is 308 g/mol. The maximum Gasteiger partial charge on any atom is 0.270 e. The molecule has 1 heterocycles. The van der Waals surface area contributed by atoms with Gasteiger partial charge in [-0.2, -0.15) is 0 Å². The van der Waals surface area contributed by atoms with Crippen LogP contribution in [0.3, 0.4) is 0 Å². The number of benzene rings is 2. The molecule has 3 aromatic rings. The molecule has 1 N–H and O–H groups in total. The molecule has 3 rings (SSSR count). The number of nitrogens with zero attached hydrogens (tertiary/aromatic N) is 3. The highest BCUT2D eigenvalue weighted by Crippen LogP contribution is 2.27. The molecule has 7 heteroatoms. The smallest absolute Gasteiger partial charge is 0.270 e. The van der Waals surface area contributed by atoms with Gasteiger partial charge in [-0.25, -0.2) is 9.97 Å². The molecule has 118 valence electrons. The number of fused-ring (bicyclic) bond motifs is 1. The summed E-state index contributed by atoms with van der Waals surface area (Å²) in [5.74, 6) is 3.48. The number of hydrogen-bond donors (Lipinski definition) is 1. The zero-order valence-corrected chi connectivity index (χ0v) is 12.5. The van der Waals surface area contributed by atoms with Crippen LogP contribution in [-0.4, -0.2) is 21.5 Å². The molecule has 1 aromatic heterocycles. The molecule has 24 heavy (non-hydrogen) atoms. The van der Waals surface area contributed by atoms with Gasteiger partial charge in [-0.15, -0.1) is 6.42 Å². The van der Waals surface area contributed by atoms with E-state index >= 15 is 0 Å². The average Bonchev–Trinajstić information content (AvgIpc) is 2.60. The van der Waals surface area contributed by atoms with Crippen LogP contribution in [0.4, 0.5) is 17.2 Å². The summed E-state index contributed by atoms with van der Waals surface area (Å²) < 4.78 is 5.37. The van der Waals surface area contributed by atoms with Crippen molar-refractivity contribution in [3.05, 3.63) is 58.9 Å². The lowest BCUT2D eigenvalue weighted by molar-refractivity contribution is -0.384. The van der Waals surface area contributed by atoms with E-state index in [1.807, 2.05) is 6.07 Å². The topological polar surface area (TPSA) is 90.2 Å². The predicted octanol–water partition coefficient (Wildman–Crippen LogP) is 3.29. The zero-order valence-electron chi connectivity index (χ0n) is 12.5. The van der Waals surface area contributed by atoms with Gasteiger partial charge in [-0.1, -0.05) is 12.0 Å². The molecule has 0 spiro atoms. The maximum absolute atomic E-state index is 11.0. The van der Waals surface area contributed by atoms with Crippen molar-refractivity contribution < 1.29 is 9.66 Å². The lowest BCUT2D eigenvalue weighted by Gasteiger charge is -2.10. The van der Waals surface area contributed by atoms with E-state index in [4.69, 9.17) is 11.2 Å². The highest BCUT2D eigenvalue weighted by atomic mass is 16.6. The summed E-state index contributed by atoms with van der Waals surface area (Å²) in [5.41, 5.74) is 1.31. The number of nitrogens with one attached hydrogen (secondary N) is 1. The second-order valence-electron chi connectivity index (χ2n) is 4.83. The Kier molecular flexibility index (Phi) is 4.21. The molecule has 0 unspecified atom stereocenters. The lowest BCUT2D eigenvalue weighted by atomic mass is 10.2. The van der Waals surface area contributed by atoms with Crippen molar-refractivity contribution in [2.75, 3.05) is 11.9 Å². The Morgan fingerprint density at radius 3 is 2.92 bits per heavy atom. The van der Waals surface area contributed by atoms with Gasteiger partial charge in [0.1, 0.15) is 24.5 Å². The minimum atomic E-state index is -0.454. The molecule has 7 nitrogen and oxygen atoms in total. The van der Waals surface area contributed by atoms with Gasteiger partial charge in [-0.3, -0.25) is 10.1 Å². The van der Waals surface area contributed by atoms with Gasteiger partial charge in [0.15, 0.2) is 0 Å². The van der Waals surface area contributed by atoms with Gasteiger partial charge in [0.25, 0.3) is 5.69 Å². The van der Waals surface area contributed by atoms with Crippen molar-refractivity contribution in [3.8, 4) is 18.1 Å². The fraction of sp³-hybridized carbons (Fsp3) is 0.0588. The van der Waals surface area contributed by atoms with Crippen LogP contribution in [0.1, 0.15) is 0 Å². The maximum atomic E-state index is 11.0. The normalized spacial score (nSPS) is 10.1. The lowest BCUT2D eigenvalue weighted by Crippen LogP contribution is -1.98. The van der Waals surface area contributed by atoms with E-state index in [2.05, 4.69) is 21.2 Å². The number of terminal acetylenes is 1. The molecular formula is C17H12N4O3. The summed E-state index contributed by atoms with van der Waals surface area (Å²) in [6.07, 6.45) is 6.57. The number of anilines is 2. The molecule has 0 aliphatic carbocycles. The summed E-state index contributed by atoms with van der Waals surface area (Å²) in [6, 6.07) is 11.6. The van der Waals surface area contributed by atoms with Crippen LogP contribution in [0, 0.1) is 22.5 Å². The Morgan fingerprint density at radius 2 is 2.12 bits per heavy atom. The van der Waals surface area contributed by atoms with Crippen molar-refractivity contribution in [1.29, 1.82) is 0 Å². The Bertz CT molecular complexity index is 950. The predicted molar refractivity (Wildman–Crippen MR) is 90.2 cm³/mol. The summed E-state index contributed by atoms with van der Waals surface area (Å²) >= 11 is 0. The first-order valence-corrected chi connectivity index (χ1v) is 7.00. The van der Waals surface area contributed by atoms with Crippen LogP contribution in [-0.2, 0) is 0 Å². The molecule has 0 saturated carbocycles. The van der Waals surface area contributed by atoms with Crippen LogP contribution < -0.4 is 10.1 Å². The number of ether oxygens (including phenoxy) is 1. The molecule has 0 amide bonds. The molecule has 0 atom stereocenters. The Balaban J connectivity index is 1.96. The van der Waals surface area contributed by atoms with Crippen molar-refractivity contribution >= 4 is 28.1 Å². The van der Waals surface area contributed by atoms with E-state index in [1.54, 1.807) is 24.3 Å². The average molecular weight is 320 g/mol. The van der Waals surface area contributed by atoms with Gasteiger partial charge in [0, 0.05) is 29.3 Å². The van der Waals surface area contributed by atoms with Crippen molar-refractivity contribution in [1.82, 2.24) is 9.97 Å². The highest BCUT2D eigenvalue weighted by Gasteiger charge is 2.11. The molecule has 0 saturated heterocycles. The van der Waals surface area contributed by atoms with Crippen LogP contribution >= 0.6 is 0 Å². The Morgan fingerprint density at radius 1 is 1.25 bits per heavy atom. The molecule has 0 bridgehead atoms. The SMILES string of the molecule is C#CCOc1cccc(Nc2ncnc3ccc([N+](=O)[O-])cc23)c1. The largest absolute Gasteiger partial charge is 0.481 e. The number of nitro groups is 1. The summed E-state index contributed by atoms with van der Waals surface area (Å²) in [4.78, 5) is 18.8. The number of nitro benzene ring substituents is 1. The molecule has 0 aliphatic rings. The summed E-state index contributed by atoms with van der Waals surface area (Å²) in [5, 5.41) is 14.7. The first-order valence-electron chi connectivity index (χ1n) is 7.00. The van der Waals surface area contributed by atoms with Crippen LogP contribution in [0.25, 0.3) is 10.9 Å². The zero-order chi connectivity index (χ0) is 16.9. The third kappa shape index (κ3) is 3.23. The summed E-state index contributed by atoms with van der Waals surface area (Å²) in [7, 11) is 0. The van der Waals surface area contributed by atoms with E-state index < -0.39 is 4.92 Å². The molecule has 2 aromatic carbocycles. The van der Waals surface area contributed by atoms with E-state index in [1.165, 1.54) is 18.5 Å². The Hall–Kier alpha value is -3.66. The van der Waals surface area contributed by atoms with Gasteiger partial charge in [0.05, 0.1) is 10.4 Å². The number of rotatable bonds is 5. The second kappa shape index (κ2) is 6.62. The first-order chi connectivity index (χ1) is 11.7. The number of hydrogen-bond acceptors (Lipinski definition) is 6. The van der Waals surface area contributed by atoms with Gasteiger partial charge >= 0.3 is 0 Å². The number of aromatic nitrogens is 2. The fourth-order valence-corrected chi connectivity index (χ4v) is 2.18. The summed E-state index contributed by atoms with van der Waals surface area (Å²) in [6.45, 7) is 0.173. The van der Waals surface area contributed by atoms with E-state index in [-0.39, 0.29) is 12.3 Å². The van der Waals surface area contributed by atoms with Gasteiger partial charge < -0.3 is 10.1 Å². The minimum absolute atomic E-state index is 0.0218.